The molecule has 20 heavy (non-hydrogen) atoms. The van der Waals surface area contributed by atoms with E-state index in [0.29, 0.717) is 5.41 Å². The second kappa shape index (κ2) is 7.87. The largest absolute Gasteiger partial charge is 0.380 e. The lowest BCUT2D eigenvalue weighted by atomic mass is 9.86. The van der Waals surface area contributed by atoms with Crippen LogP contribution >= 0.6 is 0 Å². The van der Waals surface area contributed by atoms with Gasteiger partial charge in [-0.3, -0.25) is 4.99 Å². The maximum Gasteiger partial charge on any atom is 0.190 e. The Morgan fingerprint density at radius 3 is 2.55 bits per heavy atom. The van der Waals surface area contributed by atoms with Crippen molar-refractivity contribution in [3.63, 3.8) is 0 Å². The fourth-order valence-corrected chi connectivity index (χ4v) is 3.14. The summed E-state index contributed by atoms with van der Waals surface area (Å²) in [6, 6.07) is 0. The SMILES string of the molecule is CN=C(NCCCC1CCCCC1)NCC1(C)COC1. The number of nitrogens with one attached hydrogen (secondary N) is 2. The third-order valence-corrected chi connectivity index (χ3v) is 4.61. The van der Waals surface area contributed by atoms with Gasteiger partial charge in [-0.05, 0) is 18.8 Å². The lowest BCUT2D eigenvalue weighted by molar-refractivity contribution is -0.0971. The smallest absolute Gasteiger partial charge is 0.190 e. The van der Waals surface area contributed by atoms with Crippen molar-refractivity contribution >= 4 is 5.96 Å². The van der Waals surface area contributed by atoms with Crippen LogP contribution in [0.3, 0.4) is 0 Å². The molecule has 0 amide bonds. The molecule has 4 nitrogen and oxygen atoms in total. The van der Waals surface area contributed by atoms with Crippen molar-refractivity contribution in [2.75, 3.05) is 33.4 Å². The van der Waals surface area contributed by atoms with Gasteiger partial charge in [0.05, 0.1) is 13.2 Å². The second-order valence-corrected chi connectivity index (χ2v) is 6.80. The molecule has 0 aromatic carbocycles. The van der Waals surface area contributed by atoms with Crippen LogP contribution in [-0.2, 0) is 4.74 Å². The van der Waals surface area contributed by atoms with Crippen molar-refractivity contribution in [1.29, 1.82) is 0 Å². The monoisotopic (exact) mass is 281 g/mol. The summed E-state index contributed by atoms with van der Waals surface area (Å²) in [5.41, 5.74) is 0.291. The van der Waals surface area contributed by atoms with Gasteiger partial charge in [0.1, 0.15) is 0 Å². The summed E-state index contributed by atoms with van der Waals surface area (Å²) in [7, 11) is 1.84. The van der Waals surface area contributed by atoms with Crippen molar-refractivity contribution in [3.8, 4) is 0 Å². The first-order chi connectivity index (χ1) is 9.72. The summed E-state index contributed by atoms with van der Waals surface area (Å²) >= 11 is 0. The van der Waals surface area contributed by atoms with E-state index < -0.39 is 0 Å². The highest BCUT2D eigenvalue weighted by molar-refractivity contribution is 5.79. The summed E-state index contributed by atoms with van der Waals surface area (Å²) in [5.74, 6) is 1.91. The molecule has 0 spiro atoms. The van der Waals surface area contributed by atoms with E-state index in [9.17, 15) is 0 Å². The quantitative estimate of drug-likeness (QED) is 0.447. The summed E-state index contributed by atoms with van der Waals surface area (Å²) in [6.45, 7) is 5.94. The van der Waals surface area contributed by atoms with Crippen molar-refractivity contribution in [2.24, 2.45) is 16.3 Å². The first kappa shape index (κ1) is 15.6. The fraction of sp³-hybridized carbons (Fsp3) is 0.938. The van der Waals surface area contributed by atoms with Crippen LogP contribution in [0.25, 0.3) is 0 Å². The predicted octanol–water partition coefficient (Wildman–Crippen LogP) is 2.55. The number of rotatable bonds is 6. The van der Waals surface area contributed by atoms with Crippen LogP contribution in [0.2, 0.25) is 0 Å². The molecule has 0 bridgehead atoms. The van der Waals surface area contributed by atoms with Gasteiger partial charge in [0.15, 0.2) is 5.96 Å². The summed E-state index contributed by atoms with van der Waals surface area (Å²) < 4.78 is 5.27. The zero-order chi connectivity index (χ0) is 14.3. The minimum atomic E-state index is 0.291. The molecule has 116 valence electrons. The van der Waals surface area contributed by atoms with Gasteiger partial charge in [-0.2, -0.15) is 0 Å². The van der Waals surface area contributed by atoms with E-state index >= 15 is 0 Å². The van der Waals surface area contributed by atoms with Gasteiger partial charge < -0.3 is 15.4 Å². The van der Waals surface area contributed by atoms with E-state index in [4.69, 9.17) is 4.74 Å². The van der Waals surface area contributed by atoms with Crippen LogP contribution in [0.5, 0.6) is 0 Å². The Labute approximate surface area is 123 Å². The summed E-state index contributed by atoms with van der Waals surface area (Å²) in [6.07, 6.45) is 9.87. The summed E-state index contributed by atoms with van der Waals surface area (Å²) in [4.78, 5) is 4.29. The van der Waals surface area contributed by atoms with Crippen LogP contribution in [-0.4, -0.2) is 39.3 Å². The van der Waals surface area contributed by atoms with Gasteiger partial charge in [-0.15, -0.1) is 0 Å². The van der Waals surface area contributed by atoms with Crippen LogP contribution in [0.4, 0.5) is 0 Å². The standard InChI is InChI=1S/C16H31N3O/c1-16(12-20-13-16)11-19-15(17-2)18-10-6-9-14-7-4-3-5-8-14/h14H,3-13H2,1-2H3,(H2,17,18,19). The molecule has 0 atom stereocenters. The highest BCUT2D eigenvalue weighted by atomic mass is 16.5. The van der Waals surface area contributed by atoms with E-state index in [1.807, 2.05) is 7.05 Å². The van der Waals surface area contributed by atoms with E-state index in [1.54, 1.807) is 0 Å². The number of guanidine groups is 1. The van der Waals surface area contributed by atoms with Crippen LogP contribution in [0.1, 0.15) is 51.9 Å². The molecule has 1 aliphatic heterocycles. The van der Waals surface area contributed by atoms with E-state index in [2.05, 4.69) is 22.5 Å². The van der Waals surface area contributed by atoms with Crippen molar-refractivity contribution in [2.45, 2.75) is 51.9 Å². The minimum absolute atomic E-state index is 0.291. The first-order valence-electron chi connectivity index (χ1n) is 8.24. The molecule has 1 saturated heterocycles. The molecular weight excluding hydrogens is 250 g/mol. The average molecular weight is 281 g/mol. The Morgan fingerprint density at radius 2 is 1.95 bits per heavy atom. The van der Waals surface area contributed by atoms with Crippen molar-refractivity contribution < 1.29 is 4.74 Å². The Kier molecular flexibility index (Phi) is 6.14. The van der Waals surface area contributed by atoms with Crippen molar-refractivity contribution in [1.82, 2.24) is 10.6 Å². The predicted molar refractivity (Wildman–Crippen MR) is 84.1 cm³/mol. The molecule has 1 saturated carbocycles. The maximum absolute atomic E-state index is 5.27. The van der Waals surface area contributed by atoms with Crippen LogP contribution in [0.15, 0.2) is 4.99 Å². The fourth-order valence-electron chi connectivity index (χ4n) is 3.14. The third kappa shape index (κ3) is 4.97. The zero-order valence-electron chi connectivity index (χ0n) is 13.2. The molecule has 0 aromatic rings. The molecule has 2 N–H and O–H groups in total. The third-order valence-electron chi connectivity index (χ3n) is 4.61. The topological polar surface area (TPSA) is 45.7 Å². The van der Waals surface area contributed by atoms with E-state index in [1.165, 1.54) is 44.9 Å². The number of aliphatic imine (C=N–C) groups is 1. The van der Waals surface area contributed by atoms with Gasteiger partial charge in [0.25, 0.3) is 0 Å². The molecule has 1 aliphatic carbocycles. The molecule has 0 unspecified atom stereocenters. The van der Waals surface area contributed by atoms with Gasteiger partial charge in [-0.1, -0.05) is 39.0 Å². The summed E-state index contributed by atoms with van der Waals surface area (Å²) in [5, 5.41) is 6.84. The molecule has 0 radical (unpaired) electrons. The molecule has 1 heterocycles. The number of ether oxygens (including phenoxy) is 1. The molecular formula is C16H31N3O. The lowest BCUT2D eigenvalue weighted by Crippen LogP contribution is -2.51. The Hall–Kier alpha value is -0.770. The minimum Gasteiger partial charge on any atom is -0.380 e. The van der Waals surface area contributed by atoms with E-state index in [-0.39, 0.29) is 0 Å². The normalized spacial score (nSPS) is 23.2. The number of nitrogens with zero attached hydrogens (tertiary/aromatic N) is 1. The Balaban J connectivity index is 1.54. The first-order valence-corrected chi connectivity index (χ1v) is 8.24. The van der Waals surface area contributed by atoms with Crippen molar-refractivity contribution in [3.05, 3.63) is 0 Å². The highest BCUT2D eigenvalue weighted by Crippen LogP contribution is 2.27. The Bertz CT molecular complexity index is 307. The lowest BCUT2D eigenvalue weighted by Gasteiger charge is -2.38. The number of hydrogen-bond donors (Lipinski definition) is 2. The second-order valence-electron chi connectivity index (χ2n) is 6.80. The van der Waals surface area contributed by atoms with E-state index in [0.717, 1.165) is 38.2 Å². The maximum atomic E-state index is 5.27. The molecule has 0 aromatic heterocycles. The van der Waals surface area contributed by atoms with Gasteiger partial charge in [-0.25, -0.2) is 0 Å². The average Bonchev–Trinajstić information content (AvgIpc) is 2.45. The van der Waals surface area contributed by atoms with Crippen LogP contribution in [0, 0.1) is 11.3 Å². The zero-order valence-corrected chi connectivity index (χ0v) is 13.2. The molecule has 2 rings (SSSR count). The number of hydrogen-bond acceptors (Lipinski definition) is 2. The molecule has 4 heteroatoms. The van der Waals surface area contributed by atoms with Gasteiger partial charge >= 0.3 is 0 Å². The Morgan fingerprint density at radius 1 is 1.20 bits per heavy atom. The van der Waals surface area contributed by atoms with Crippen LogP contribution < -0.4 is 10.6 Å². The van der Waals surface area contributed by atoms with Gasteiger partial charge in [0, 0.05) is 25.6 Å². The molecule has 2 fully saturated rings. The highest BCUT2D eigenvalue weighted by Gasteiger charge is 2.33. The van der Waals surface area contributed by atoms with Gasteiger partial charge in [0.2, 0.25) is 0 Å². The molecule has 2 aliphatic rings.